The van der Waals surface area contributed by atoms with Gasteiger partial charge in [-0.1, -0.05) is 28.9 Å². The average Bonchev–Trinajstić information content (AvgIpc) is 2.81. The molecule has 1 heterocycles. The summed E-state index contributed by atoms with van der Waals surface area (Å²) in [6.07, 6.45) is 5.33. The summed E-state index contributed by atoms with van der Waals surface area (Å²) in [5.74, 6) is 0.838. The lowest BCUT2D eigenvalue weighted by molar-refractivity contribution is 0.476. The van der Waals surface area contributed by atoms with Crippen LogP contribution in [0.2, 0.25) is 0 Å². The van der Waals surface area contributed by atoms with E-state index < -0.39 is 0 Å². The Morgan fingerprint density at radius 2 is 2.25 bits per heavy atom. The molecule has 0 spiro atoms. The topological polar surface area (TPSA) is 29.9 Å². The predicted molar refractivity (Wildman–Crippen MR) is 82.0 cm³/mol. The van der Waals surface area contributed by atoms with E-state index in [1.165, 1.54) is 6.07 Å². The number of nitrogens with zero attached hydrogens (tertiary/aromatic N) is 2. The number of aromatic nitrogens is 2. The van der Waals surface area contributed by atoms with Crippen molar-refractivity contribution in [2.75, 3.05) is 6.54 Å². The maximum Gasteiger partial charge on any atom is 0.129 e. The van der Waals surface area contributed by atoms with E-state index in [1.807, 2.05) is 30.8 Å². The van der Waals surface area contributed by atoms with Gasteiger partial charge in [0.1, 0.15) is 11.6 Å². The van der Waals surface area contributed by atoms with Crippen molar-refractivity contribution in [3.05, 3.63) is 52.3 Å². The van der Waals surface area contributed by atoms with Gasteiger partial charge in [-0.15, -0.1) is 0 Å². The van der Waals surface area contributed by atoms with Crippen LogP contribution in [0, 0.1) is 5.82 Å². The van der Waals surface area contributed by atoms with Crippen LogP contribution in [0.1, 0.15) is 30.8 Å². The van der Waals surface area contributed by atoms with Crippen molar-refractivity contribution in [1.29, 1.82) is 0 Å². The smallest absolute Gasteiger partial charge is 0.129 e. The molecule has 0 aliphatic rings. The number of rotatable bonds is 6. The molecule has 0 radical (unpaired) electrons. The van der Waals surface area contributed by atoms with Gasteiger partial charge in [0.2, 0.25) is 0 Å². The molecule has 1 atom stereocenters. The number of benzene rings is 1. The van der Waals surface area contributed by atoms with E-state index in [4.69, 9.17) is 0 Å². The van der Waals surface area contributed by atoms with Gasteiger partial charge < -0.3 is 9.88 Å². The fourth-order valence-electron chi connectivity index (χ4n) is 2.35. The number of halogens is 2. The van der Waals surface area contributed by atoms with Crippen molar-refractivity contribution in [2.45, 2.75) is 25.8 Å². The SMILES string of the molecule is CCNC(CCc1nccn1C)c1c(F)cccc1Br. The van der Waals surface area contributed by atoms with E-state index >= 15 is 0 Å². The first-order chi connectivity index (χ1) is 9.63. The second kappa shape index (κ2) is 6.99. The minimum atomic E-state index is -0.176. The lowest BCUT2D eigenvalue weighted by atomic mass is 10.0. The van der Waals surface area contributed by atoms with Crippen molar-refractivity contribution >= 4 is 15.9 Å². The first kappa shape index (κ1) is 15.2. The lowest BCUT2D eigenvalue weighted by Gasteiger charge is -2.20. The van der Waals surface area contributed by atoms with Crippen LogP contribution in [-0.4, -0.2) is 16.1 Å². The Morgan fingerprint density at radius 1 is 1.45 bits per heavy atom. The third-order valence-corrected chi connectivity index (χ3v) is 4.07. The highest BCUT2D eigenvalue weighted by Gasteiger charge is 2.18. The van der Waals surface area contributed by atoms with E-state index in [2.05, 4.69) is 26.2 Å². The molecule has 0 bridgehead atoms. The fraction of sp³-hybridized carbons (Fsp3) is 0.400. The van der Waals surface area contributed by atoms with Gasteiger partial charge >= 0.3 is 0 Å². The summed E-state index contributed by atoms with van der Waals surface area (Å²) in [5, 5.41) is 3.36. The Kier molecular flexibility index (Phi) is 5.31. The Labute approximate surface area is 127 Å². The summed E-state index contributed by atoms with van der Waals surface area (Å²) in [4.78, 5) is 4.32. The highest BCUT2D eigenvalue weighted by molar-refractivity contribution is 9.10. The molecule has 0 aliphatic carbocycles. The van der Waals surface area contributed by atoms with Crippen LogP contribution in [-0.2, 0) is 13.5 Å². The Hall–Kier alpha value is -1.20. The van der Waals surface area contributed by atoms with Gasteiger partial charge in [-0.05, 0) is 25.1 Å². The summed E-state index contributed by atoms with van der Waals surface area (Å²) in [7, 11) is 1.98. The number of hydrogen-bond donors (Lipinski definition) is 1. The molecule has 2 aromatic rings. The molecule has 1 aromatic heterocycles. The average molecular weight is 340 g/mol. The summed E-state index contributed by atoms with van der Waals surface area (Å²) in [6.45, 7) is 2.83. The van der Waals surface area contributed by atoms with E-state index in [-0.39, 0.29) is 11.9 Å². The van der Waals surface area contributed by atoms with Crippen LogP contribution < -0.4 is 5.32 Å². The van der Waals surface area contributed by atoms with Crippen LogP contribution in [0.4, 0.5) is 4.39 Å². The minimum absolute atomic E-state index is 0.0210. The zero-order valence-electron chi connectivity index (χ0n) is 11.7. The van der Waals surface area contributed by atoms with E-state index in [9.17, 15) is 4.39 Å². The second-order valence-corrected chi connectivity index (χ2v) is 5.59. The summed E-state index contributed by atoms with van der Waals surface area (Å²) < 4.78 is 16.9. The van der Waals surface area contributed by atoms with Crippen LogP contribution in [0.3, 0.4) is 0 Å². The van der Waals surface area contributed by atoms with Crippen LogP contribution in [0.25, 0.3) is 0 Å². The van der Waals surface area contributed by atoms with E-state index in [1.54, 1.807) is 12.3 Å². The molecule has 2 rings (SSSR count). The Balaban J connectivity index is 2.17. The number of aryl methyl sites for hydroxylation is 2. The quantitative estimate of drug-likeness (QED) is 0.871. The molecule has 0 amide bonds. The zero-order chi connectivity index (χ0) is 14.5. The van der Waals surface area contributed by atoms with Crippen molar-refractivity contribution in [1.82, 2.24) is 14.9 Å². The molecule has 1 aromatic carbocycles. The molecule has 20 heavy (non-hydrogen) atoms. The van der Waals surface area contributed by atoms with Gasteiger partial charge in [0.15, 0.2) is 0 Å². The standard InChI is InChI=1S/C15H19BrFN3/c1-3-18-13(7-8-14-19-9-10-20(14)2)15-11(16)5-4-6-12(15)17/h4-6,9-10,13,18H,3,7-8H2,1-2H3. The van der Waals surface area contributed by atoms with Crippen molar-refractivity contribution in [3.63, 3.8) is 0 Å². The van der Waals surface area contributed by atoms with Crippen molar-refractivity contribution in [2.24, 2.45) is 7.05 Å². The van der Waals surface area contributed by atoms with Crippen LogP contribution in [0.5, 0.6) is 0 Å². The van der Waals surface area contributed by atoms with Gasteiger partial charge in [0.05, 0.1) is 0 Å². The maximum atomic E-state index is 14.1. The molecule has 0 saturated carbocycles. The zero-order valence-corrected chi connectivity index (χ0v) is 13.3. The third-order valence-electron chi connectivity index (χ3n) is 3.38. The first-order valence-corrected chi connectivity index (χ1v) is 7.56. The summed E-state index contributed by atoms with van der Waals surface area (Å²) >= 11 is 3.45. The summed E-state index contributed by atoms with van der Waals surface area (Å²) in [6, 6.07) is 5.08. The fourth-order valence-corrected chi connectivity index (χ4v) is 2.97. The normalized spacial score (nSPS) is 12.6. The van der Waals surface area contributed by atoms with Gasteiger partial charge in [-0.2, -0.15) is 0 Å². The highest BCUT2D eigenvalue weighted by atomic mass is 79.9. The molecular weight excluding hydrogens is 321 g/mol. The van der Waals surface area contributed by atoms with E-state index in [0.29, 0.717) is 5.56 Å². The molecule has 108 valence electrons. The van der Waals surface area contributed by atoms with Crippen molar-refractivity contribution < 1.29 is 4.39 Å². The molecule has 5 heteroatoms. The Bertz CT molecular complexity index is 548. The van der Waals surface area contributed by atoms with E-state index in [0.717, 1.165) is 29.7 Å². The number of hydrogen-bond acceptors (Lipinski definition) is 2. The summed E-state index contributed by atoms with van der Waals surface area (Å²) in [5.41, 5.74) is 0.698. The molecule has 1 N–H and O–H groups in total. The van der Waals surface area contributed by atoms with Crippen LogP contribution >= 0.6 is 15.9 Å². The minimum Gasteiger partial charge on any atom is -0.338 e. The molecule has 3 nitrogen and oxygen atoms in total. The largest absolute Gasteiger partial charge is 0.338 e. The van der Waals surface area contributed by atoms with Gasteiger partial charge in [-0.25, -0.2) is 9.37 Å². The molecular formula is C15H19BrFN3. The molecule has 1 unspecified atom stereocenters. The Morgan fingerprint density at radius 3 is 2.85 bits per heavy atom. The van der Waals surface area contributed by atoms with Crippen LogP contribution in [0.15, 0.2) is 35.1 Å². The van der Waals surface area contributed by atoms with Gasteiger partial charge in [0, 0.05) is 41.9 Å². The number of imidazole rings is 1. The second-order valence-electron chi connectivity index (χ2n) is 4.74. The monoisotopic (exact) mass is 339 g/mol. The predicted octanol–water partition coefficient (Wildman–Crippen LogP) is 3.61. The molecule has 0 aliphatic heterocycles. The lowest BCUT2D eigenvalue weighted by Crippen LogP contribution is -2.23. The van der Waals surface area contributed by atoms with Gasteiger partial charge in [-0.3, -0.25) is 0 Å². The molecule has 0 fully saturated rings. The third kappa shape index (κ3) is 3.46. The highest BCUT2D eigenvalue weighted by Crippen LogP contribution is 2.29. The number of nitrogens with one attached hydrogen (secondary N) is 1. The first-order valence-electron chi connectivity index (χ1n) is 6.77. The van der Waals surface area contributed by atoms with Crippen molar-refractivity contribution in [3.8, 4) is 0 Å². The maximum absolute atomic E-state index is 14.1. The molecule has 0 saturated heterocycles. The van der Waals surface area contributed by atoms with Gasteiger partial charge in [0.25, 0.3) is 0 Å².